The molecule has 0 aliphatic rings. The number of thiazole rings is 1. The Hall–Kier alpha value is -1.09. The van der Waals surface area contributed by atoms with Gasteiger partial charge in [0.05, 0.1) is 5.54 Å². The first-order chi connectivity index (χ1) is 6.21. The second-order valence-electron chi connectivity index (χ2n) is 3.49. The number of hydrogen-bond donors (Lipinski definition) is 0. The highest BCUT2D eigenvalue weighted by molar-refractivity contribution is 7.09. The Bertz CT molecular complexity index is 323. The molecule has 2 aromatic heterocycles. The lowest BCUT2D eigenvalue weighted by atomic mass is 10.1. The van der Waals surface area contributed by atoms with Crippen molar-refractivity contribution in [2.24, 2.45) is 0 Å². The molecule has 0 aromatic carbocycles. The number of hydrogen-bond acceptors (Lipinski definition) is 2. The van der Waals surface area contributed by atoms with Crippen LogP contribution in [0.3, 0.4) is 0 Å². The lowest BCUT2D eigenvalue weighted by molar-refractivity contribution is 0.435. The van der Waals surface area contributed by atoms with Gasteiger partial charge in [-0.05, 0) is 26.0 Å². The molecule has 0 amide bonds. The average molecular weight is 192 g/mol. The zero-order valence-electron chi connectivity index (χ0n) is 7.77. The number of aromatic nitrogens is 2. The number of rotatable bonds is 2. The van der Waals surface area contributed by atoms with Crippen molar-refractivity contribution in [2.45, 2.75) is 19.4 Å². The molecule has 0 spiro atoms. The summed E-state index contributed by atoms with van der Waals surface area (Å²) < 4.78 is 2.17. The highest BCUT2D eigenvalue weighted by atomic mass is 32.1. The molecule has 0 aliphatic carbocycles. The van der Waals surface area contributed by atoms with Crippen molar-refractivity contribution in [3.63, 3.8) is 0 Å². The van der Waals surface area contributed by atoms with Crippen LogP contribution in [0.1, 0.15) is 18.9 Å². The van der Waals surface area contributed by atoms with E-state index in [1.54, 1.807) is 11.3 Å². The normalized spacial score (nSPS) is 11.8. The summed E-state index contributed by atoms with van der Waals surface area (Å²) in [6.07, 6.45) is 5.99. The van der Waals surface area contributed by atoms with Gasteiger partial charge in [0.25, 0.3) is 0 Å². The summed E-state index contributed by atoms with van der Waals surface area (Å²) in [5, 5.41) is 3.16. The van der Waals surface area contributed by atoms with E-state index in [1.807, 2.05) is 23.7 Å². The summed E-state index contributed by atoms with van der Waals surface area (Å²) in [5.41, 5.74) is -0.0301. The first-order valence-corrected chi connectivity index (χ1v) is 5.12. The van der Waals surface area contributed by atoms with Gasteiger partial charge in [-0.2, -0.15) is 0 Å². The fourth-order valence-electron chi connectivity index (χ4n) is 1.34. The van der Waals surface area contributed by atoms with Crippen LogP contribution in [0, 0.1) is 0 Å². The molecule has 2 nitrogen and oxygen atoms in total. The van der Waals surface area contributed by atoms with Crippen LogP contribution >= 0.6 is 11.3 Å². The van der Waals surface area contributed by atoms with Crippen LogP contribution in [0.15, 0.2) is 36.1 Å². The molecule has 0 radical (unpaired) electrons. The summed E-state index contributed by atoms with van der Waals surface area (Å²) in [5.74, 6) is 0. The molecule has 0 fully saturated rings. The van der Waals surface area contributed by atoms with Gasteiger partial charge >= 0.3 is 0 Å². The summed E-state index contributed by atoms with van der Waals surface area (Å²) in [6, 6.07) is 4.07. The molecule has 0 aliphatic heterocycles. The van der Waals surface area contributed by atoms with Crippen LogP contribution in [-0.2, 0) is 5.54 Å². The summed E-state index contributed by atoms with van der Waals surface area (Å²) >= 11 is 1.70. The van der Waals surface area contributed by atoms with Gasteiger partial charge in [0.15, 0.2) is 0 Å². The Morgan fingerprint density at radius 3 is 2.54 bits per heavy atom. The minimum atomic E-state index is -0.0301. The Labute approximate surface area is 81.9 Å². The minimum absolute atomic E-state index is 0.0301. The quantitative estimate of drug-likeness (QED) is 0.715. The molecular formula is C10H12N2S. The van der Waals surface area contributed by atoms with Gasteiger partial charge in [0.2, 0.25) is 0 Å². The Morgan fingerprint density at radius 1 is 1.31 bits per heavy atom. The van der Waals surface area contributed by atoms with Crippen LogP contribution in [0.4, 0.5) is 0 Å². The van der Waals surface area contributed by atoms with E-state index >= 15 is 0 Å². The lowest BCUT2D eigenvalue weighted by Crippen LogP contribution is -2.25. The number of nitrogens with zero attached hydrogens (tertiary/aromatic N) is 2. The van der Waals surface area contributed by atoms with Gasteiger partial charge in [-0.15, -0.1) is 11.3 Å². The molecule has 0 bridgehead atoms. The van der Waals surface area contributed by atoms with E-state index in [9.17, 15) is 0 Å². The molecule has 2 rings (SSSR count). The third-order valence-electron chi connectivity index (χ3n) is 2.21. The van der Waals surface area contributed by atoms with Crippen LogP contribution in [0.2, 0.25) is 0 Å². The Morgan fingerprint density at radius 2 is 2.00 bits per heavy atom. The van der Waals surface area contributed by atoms with E-state index in [2.05, 4.69) is 35.8 Å². The van der Waals surface area contributed by atoms with Crippen LogP contribution in [0.5, 0.6) is 0 Å². The summed E-state index contributed by atoms with van der Waals surface area (Å²) in [6.45, 7) is 4.34. The molecule has 0 N–H and O–H groups in total. The van der Waals surface area contributed by atoms with Crippen molar-refractivity contribution in [1.29, 1.82) is 0 Å². The van der Waals surface area contributed by atoms with Gasteiger partial charge < -0.3 is 4.57 Å². The van der Waals surface area contributed by atoms with Crippen molar-refractivity contribution in [2.75, 3.05) is 0 Å². The molecule has 0 unspecified atom stereocenters. The topological polar surface area (TPSA) is 17.8 Å². The fraction of sp³-hybridized carbons (Fsp3) is 0.300. The van der Waals surface area contributed by atoms with Gasteiger partial charge in [0.1, 0.15) is 5.01 Å². The van der Waals surface area contributed by atoms with E-state index in [0.717, 1.165) is 5.01 Å². The third-order valence-corrected chi connectivity index (χ3v) is 3.29. The second-order valence-corrected chi connectivity index (χ2v) is 4.38. The maximum atomic E-state index is 4.34. The van der Waals surface area contributed by atoms with Crippen LogP contribution < -0.4 is 0 Å². The average Bonchev–Trinajstić information content (AvgIpc) is 2.78. The van der Waals surface area contributed by atoms with Gasteiger partial charge in [-0.25, -0.2) is 4.98 Å². The largest absolute Gasteiger partial charge is 0.342 e. The molecule has 68 valence electrons. The van der Waals surface area contributed by atoms with Crippen molar-refractivity contribution in [1.82, 2.24) is 9.55 Å². The maximum Gasteiger partial charge on any atom is 0.118 e. The zero-order chi connectivity index (χ0) is 9.31. The standard InChI is InChI=1S/C10H12N2S/c1-10(2,9-11-5-8-13-9)12-6-3-4-7-12/h3-8H,1-2H3. The highest BCUT2D eigenvalue weighted by Crippen LogP contribution is 2.26. The lowest BCUT2D eigenvalue weighted by Gasteiger charge is -2.24. The molecule has 2 heterocycles. The molecule has 0 atom stereocenters. The molecule has 3 heteroatoms. The van der Waals surface area contributed by atoms with Crippen molar-refractivity contribution >= 4 is 11.3 Å². The van der Waals surface area contributed by atoms with E-state index in [4.69, 9.17) is 0 Å². The highest BCUT2D eigenvalue weighted by Gasteiger charge is 2.23. The molecule has 0 saturated heterocycles. The van der Waals surface area contributed by atoms with Gasteiger partial charge in [0, 0.05) is 24.0 Å². The SMILES string of the molecule is CC(C)(c1nccs1)n1cccc1. The fourth-order valence-corrected chi connectivity index (χ4v) is 2.11. The second kappa shape index (κ2) is 3.00. The smallest absolute Gasteiger partial charge is 0.118 e. The Balaban J connectivity index is 2.42. The van der Waals surface area contributed by atoms with E-state index < -0.39 is 0 Å². The van der Waals surface area contributed by atoms with Gasteiger partial charge in [-0.1, -0.05) is 0 Å². The van der Waals surface area contributed by atoms with Crippen molar-refractivity contribution < 1.29 is 0 Å². The minimum Gasteiger partial charge on any atom is -0.342 e. The van der Waals surface area contributed by atoms with E-state index in [1.165, 1.54) is 0 Å². The zero-order valence-corrected chi connectivity index (χ0v) is 8.58. The summed E-state index contributed by atoms with van der Waals surface area (Å²) in [7, 11) is 0. The predicted molar refractivity (Wildman–Crippen MR) is 55.0 cm³/mol. The van der Waals surface area contributed by atoms with Gasteiger partial charge in [-0.3, -0.25) is 0 Å². The monoisotopic (exact) mass is 192 g/mol. The Kier molecular flexibility index (Phi) is 1.96. The van der Waals surface area contributed by atoms with E-state index in [-0.39, 0.29) is 5.54 Å². The van der Waals surface area contributed by atoms with E-state index in [0.29, 0.717) is 0 Å². The first kappa shape index (κ1) is 8.51. The van der Waals surface area contributed by atoms with Crippen LogP contribution in [0.25, 0.3) is 0 Å². The molecular weight excluding hydrogens is 180 g/mol. The first-order valence-electron chi connectivity index (χ1n) is 4.24. The molecule has 2 aromatic rings. The summed E-state index contributed by atoms with van der Waals surface area (Å²) in [4.78, 5) is 4.34. The third kappa shape index (κ3) is 1.40. The predicted octanol–water partition coefficient (Wildman–Crippen LogP) is 2.73. The molecule has 13 heavy (non-hydrogen) atoms. The van der Waals surface area contributed by atoms with Crippen LogP contribution in [-0.4, -0.2) is 9.55 Å². The molecule has 0 saturated carbocycles. The van der Waals surface area contributed by atoms with Crippen molar-refractivity contribution in [3.8, 4) is 0 Å². The maximum absolute atomic E-state index is 4.34. The van der Waals surface area contributed by atoms with Crippen molar-refractivity contribution in [3.05, 3.63) is 41.1 Å².